The van der Waals surface area contributed by atoms with Crippen molar-refractivity contribution in [3.8, 4) is 17.0 Å². The number of nitrogens with zero attached hydrogens (tertiary/aromatic N) is 3. The molecule has 2 fully saturated rings. The summed E-state index contributed by atoms with van der Waals surface area (Å²) in [5.41, 5.74) is 1.36. The van der Waals surface area contributed by atoms with Gasteiger partial charge in [0.25, 0.3) is 0 Å². The SMILES string of the molecule is COc1ccc(-c2c(C)nc3sc(C(O)(C4CC4)C4CC4)nn23)cc1S(C)(=O)=O. The lowest BCUT2D eigenvalue weighted by atomic mass is 9.93. The van der Waals surface area contributed by atoms with Crippen LogP contribution in [0, 0.1) is 18.8 Å². The summed E-state index contributed by atoms with van der Waals surface area (Å²) >= 11 is 1.44. The predicted octanol–water partition coefficient (Wildman–Crippen LogP) is 3.19. The minimum Gasteiger partial charge on any atom is -0.495 e. The summed E-state index contributed by atoms with van der Waals surface area (Å²) in [6.07, 6.45) is 5.32. The Morgan fingerprint density at radius 2 is 1.90 bits per heavy atom. The number of benzene rings is 1. The Morgan fingerprint density at radius 1 is 1.24 bits per heavy atom. The van der Waals surface area contributed by atoms with E-state index in [4.69, 9.17) is 9.84 Å². The van der Waals surface area contributed by atoms with Crippen LogP contribution in [-0.2, 0) is 15.4 Å². The second-order valence-corrected chi connectivity index (χ2v) is 11.1. The van der Waals surface area contributed by atoms with Crippen LogP contribution in [0.2, 0.25) is 0 Å². The van der Waals surface area contributed by atoms with Gasteiger partial charge in [0, 0.05) is 11.8 Å². The van der Waals surface area contributed by atoms with Gasteiger partial charge in [-0.05, 0) is 62.6 Å². The van der Waals surface area contributed by atoms with E-state index in [2.05, 4.69) is 4.98 Å². The molecular formula is C20H23N3O4S2. The van der Waals surface area contributed by atoms with Crippen molar-refractivity contribution in [3.63, 3.8) is 0 Å². The zero-order valence-corrected chi connectivity index (χ0v) is 18.2. The van der Waals surface area contributed by atoms with Gasteiger partial charge in [0.05, 0.1) is 18.5 Å². The first-order valence-electron chi connectivity index (χ1n) is 9.71. The van der Waals surface area contributed by atoms with Crippen LogP contribution >= 0.6 is 11.3 Å². The van der Waals surface area contributed by atoms with Gasteiger partial charge in [0.15, 0.2) is 9.84 Å². The maximum absolute atomic E-state index is 12.2. The van der Waals surface area contributed by atoms with Crippen molar-refractivity contribution in [2.24, 2.45) is 11.8 Å². The monoisotopic (exact) mass is 433 g/mol. The van der Waals surface area contributed by atoms with Crippen molar-refractivity contribution < 1.29 is 18.3 Å². The van der Waals surface area contributed by atoms with Crippen molar-refractivity contribution in [1.82, 2.24) is 14.6 Å². The molecule has 0 bridgehead atoms. The third-order valence-electron chi connectivity index (χ3n) is 5.96. The largest absolute Gasteiger partial charge is 0.495 e. The van der Waals surface area contributed by atoms with Gasteiger partial charge in [-0.15, -0.1) is 0 Å². The van der Waals surface area contributed by atoms with Gasteiger partial charge in [0.2, 0.25) is 4.96 Å². The van der Waals surface area contributed by atoms with E-state index in [9.17, 15) is 13.5 Å². The van der Waals surface area contributed by atoms with Gasteiger partial charge in [-0.3, -0.25) is 0 Å². The molecule has 0 unspecified atom stereocenters. The Kier molecular flexibility index (Phi) is 4.11. The molecule has 0 aliphatic heterocycles. The van der Waals surface area contributed by atoms with E-state index < -0.39 is 15.4 Å². The molecule has 3 aromatic rings. The molecule has 29 heavy (non-hydrogen) atoms. The summed E-state index contributed by atoms with van der Waals surface area (Å²) in [6.45, 7) is 1.88. The number of aryl methyl sites for hydroxylation is 1. The van der Waals surface area contributed by atoms with Gasteiger partial charge in [-0.25, -0.2) is 17.9 Å². The molecule has 0 radical (unpaired) electrons. The highest BCUT2D eigenvalue weighted by molar-refractivity contribution is 7.90. The van der Waals surface area contributed by atoms with Crippen LogP contribution in [0.25, 0.3) is 16.2 Å². The molecule has 2 aromatic heterocycles. The molecule has 2 saturated carbocycles. The summed E-state index contributed by atoms with van der Waals surface area (Å²) < 4.78 is 31.4. The van der Waals surface area contributed by atoms with Crippen molar-refractivity contribution in [3.05, 3.63) is 28.9 Å². The first-order chi connectivity index (χ1) is 13.7. The minimum absolute atomic E-state index is 0.134. The Hall–Kier alpha value is -1.97. The van der Waals surface area contributed by atoms with Gasteiger partial charge in [0.1, 0.15) is 21.3 Å². The first-order valence-corrected chi connectivity index (χ1v) is 12.4. The highest BCUT2D eigenvalue weighted by atomic mass is 32.2. The third kappa shape index (κ3) is 2.98. The minimum atomic E-state index is -3.46. The topological polar surface area (TPSA) is 93.8 Å². The lowest BCUT2D eigenvalue weighted by Gasteiger charge is -2.25. The molecule has 7 nitrogen and oxygen atoms in total. The fourth-order valence-corrected chi connectivity index (χ4v) is 6.24. The summed E-state index contributed by atoms with van der Waals surface area (Å²) in [4.78, 5) is 5.49. The maximum Gasteiger partial charge on any atom is 0.213 e. The quantitative estimate of drug-likeness (QED) is 0.642. The Bertz CT molecular complexity index is 1210. The van der Waals surface area contributed by atoms with E-state index in [-0.39, 0.29) is 16.7 Å². The van der Waals surface area contributed by atoms with Crippen LogP contribution in [0.3, 0.4) is 0 Å². The van der Waals surface area contributed by atoms with Gasteiger partial charge in [-0.1, -0.05) is 11.3 Å². The zero-order chi connectivity index (χ0) is 20.6. The van der Waals surface area contributed by atoms with Crippen LogP contribution in [0.1, 0.15) is 36.4 Å². The van der Waals surface area contributed by atoms with Crippen molar-refractivity contribution in [2.45, 2.75) is 43.1 Å². The molecule has 1 aromatic carbocycles. The fourth-order valence-electron chi connectivity index (χ4n) is 4.19. The van der Waals surface area contributed by atoms with E-state index in [1.54, 1.807) is 16.6 Å². The van der Waals surface area contributed by atoms with E-state index in [1.165, 1.54) is 24.7 Å². The molecule has 2 aliphatic carbocycles. The molecule has 5 rings (SSSR count). The Labute approximate surface area is 173 Å². The molecule has 0 spiro atoms. The number of fused-ring (bicyclic) bond motifs is 1. The molecule has 154 valence electrons. The normalized spacial score (nSPS) is 17.8. The molecule has 2 aliphatic rings. The second-order valence-electron chi connectivity index (χ2n) is 8.16. The number of hydrogen-bond donors (Lipinski definition) is 1. The lowest BCUT2D eigenvalue weighted by Crippen LogP contribution is -2.31. The summed E-state index contributed by atoms with van der Waals surface area (Å²) in [6, 6.07) is 5.08. The molecule has 1 N–H and O–H groups in total. The van der Waals surface area contributed by atoms with E-state index in [0.29, 0.717) is 16.3 Å². The number of rotatable bonds is 6. The van der Waals surface area contributed by atoms with Gasteiger partial charge >= 0.3 is 0 Å². The van der Waals surface area contributed by atoms with Crippen LogP contribution < -0.4 is 4.74 Å². The van der Waals surface area contributed by atoms with Crippen LogP contribution in [0.5, 0.6) is 5.75 Å². The molecule has 0 amide bonds. The average molecular weight is 434 g/mol. The third-order valence-corrected chi connectivity index (χ3v) is 8.12. The van der Waals surface area contributed by atoms with E-state index in [0.717, 1.165) is 42.1 Å². The zero-order valence-electron chi connectivity index (χ0n) is 16.5. The number of sulfone groups is 1. The number of aliphatic hydroxyl groups is 1. The van der Waals surface area contributed by atoms with Crippen LogP contribution in [-0.4, -0.2) is 41.5 Å². The number of methoxy groups -OCH3 is 1. The Morgan fingerprint density at radius 3 is 2.45 bits per heavy atom. The maximum atomic E-state index is 12.2. The predicted molar refractivity (Wildman–Crippen MR) is 110 cm³/mol. The smallest absolute Gasteiger partial charge is 0.213 e. The number of hydrogen-bond acceptors (Lipinski definition) is 7. The fraction of sp³-hybridized carbons (Fsp3) is 0.500. The van der Waals surface area contributed by atoms with Crippen LogP contribution in [0.4, 0.5) is 0 Å². The van der Waals surface area contributed by atoms with E-state index >= 15 is 0 Å². The molecule has 0 saturated heterocycles. The highest BCUT2D eigenvalue weighted by Gasteiger charge is 2.56. The van der Waals surface area contributed by atoms with Gasteiger partial charge in [-0.2, -0.15) is 5.10 Å². The standard InChI is InChI=1S/C20H23N3O4S2/c1-11-17(12-4-9-15(27-2)16(10-12)29(3,25)26)23-19(21-11)28-18(22-23)20(24,13-5-6-13)14-7-8-14/h4,9-10,13-14,24H,5-8H2,1-3H3. The second kappa shape index (κ2) is 6.26. The van der Waals surface area contributed by atoms with Crippen molar-refractivity contribution in [1.29, 1.82) is 0 Å². The highest BCUT2D eigenvalue weighted by Crippen LogP contribution is 2.58. The number of aromatic nitrogens is 3. The molecule has 0 atom stereocenters. The molecule has 2 heterocycles. The number of imidazole rings is 1. The molecular weight excluding hydrogens is 410 g/mol. The van der Waals surface area contributed by atoms with Gasteiger partial charge < -0.3 is 9.84 Å². The van der Waals surface area contributed by atoms with Crippen molar-refractivity contribution in [2.75, 3.05) is 13.4 Å². The summed E-state index contributed by atoms with van der Waals surface area (Å²) in [5, 5.41) is 16.9. The average Bonchev–Trinajstić information content (AvgIpc) is 3.58. The van der Waals surface area contributed by atoms with Crippen LogP contribution in [0.15, 0.2) is 23.1 Å². The van der Waals surface area contributed by atoms with E-state index in [1.807, 2.05) is 13.0 Å². The molecule has 9 heteroatoms. The van der Waals surface area contributed by atoms with Crippen molar-refractivity contribution >= 4 is 26.1 Å². The summed E-state index contributed by atoms with van der Waals surface area (Å²) in [7, 11) is -2.01. The number of ether oxygens (including phenoxy) is 1. The summed E-state index contributed by atoms with van der Waals surface area (Å²) in [5.74, 6) is 0.881. The Balaban J connectivity index is 1.66. The lowest BCUT2D eigenvalue weighted by molar-refractivity contribution is -0.0111. The first kappa shape index (κ1) is 19.0.